The molecule has 1 spiro atoms. The van der Waals surface area contributed by atoms with Crippen molar-refractivity contribution in [2.24, 2.45) is 17.8 Å². The second kappa shape index (κ2) is 10.9. The lowest BCUT2D eigenvalue weighted by atomic mass is 9.70. The van der Waals surface area contributed by atoms with E-state index in [0.29, 0.717) is 19.5 Å². The molecule has 3 aliphatic rings. The minimum Gasteiger partial charge on any atom is -0.394 e. The lowest BCUT2D eigenvalue weighted by molar-refractivity contribution is -0.143. The molecule has 6 atom stereocenters. The summed E-state index contributed by atoms with van der Waals surface area (Å²) in [6.07, 6.45) is 4.01. The molecule has 0 radical (unpaired) electrons. The summed E-state index contributed by atoms with van der Waals surface area (Å²) in [6, 6.07) is 8.66. The molecule has 3 aliphatic heterocycles. The third-order valence-electron chi connectivity index (χ3n) is 7.78. The quantitative estimate of drug-likeness (QED) is 0.405. The fraction of sp³-hybridized carbons (Fsp3) is 0.667. The van der Waals surface area contributed by atoms with Gasteiger partial charge in [-0.1, -0.05) is 57.5 Å². The fourth-order valence-electron chi connectivity index (χ4n) is 6.29. The van der Waals surface area contributed by atoms with Crippen LogP contribution in [0.4, 0.5) is 0 Å². The van der Waals surface area contributed by atoms with E-state index in [9.17, 15) is 19.5 Å². The normalized spacial score (nSPS) is 30.0. The molecule has 35 heavy (non-hydrogen) atoms. The minimum atomic E-state index is -0.658. The number of benzene rings is 1. The van der Waals surface area contributed by atoms with Gasteiger partial charge in [0, 0.05) is 18.3 Å². The average molecular weight is 502 g/mol. The number of hydrogen-bond acceptors (Lipinski definition) is 5. The number of likely N-dealkylation sites (tertiary alicyclic amines) is 1. The van der Waals surface area contributed by atoms with Crippen LogP contribution >= 0.6 is 11.8 Å². The third kappa shape index (κ3) is 4.84. The van der Waals surface area contributed by atoms with Gasteiger partial charge in [0.1, 0.15) is 6.04 Å². The van der Waals surface area contributed by atoms with E-state index < -0.39 is 28.7 Å². The largest absolute Gasteiger partial charge is 0.394 e. The van der Waals surface area contributed by atoms with E-state index in [2.05, 4.69) is 31.4 Å². The molecular formula is C27H39N3O4S. The molecule has 0 aromatic heterocycles. The van der Waals surface area contributed by atoms with Crippen molar-refractivity contribution in [1.29, 1.82) is 0 Å². The number of fused-ring (bicyclic) bond motifs is 1. The van der Waals surface area contributed by atoms with E-state index in [0.717, 1.165) is 31.2 Å². The van der Waals surface area contributed by atoms with Crippen LogP contribution in [0.15, 0.2) is 30.3 Å². The molecule has 3 heterocycles. The van der Waals surface area contributed by atoms with Gasteiger partial charge in [-0.15, -0.1) is 11.8 Å². The molecule has 1 aromatic rings. The third-order valence-corrected chi connectivity index (χ3v) is 9.73. The number of nitrogens with zero attached hydrogens (tertiary/aromatic N) is 1. The van der Waals surface area contributed by atoms with Gasteiger partial charge >= 0.3 is 0 Å². The highest BCUT2D eigenvalue weighted by molar-refractivity contribution is 8.02. The summed E-state index contributed by atoms with van der Waals surface area (Å²) < 4.78 is -0.614. The monoisotopic (exact) mass is 501 g/mol. The summed E-state index contributed by atoms with van der Waals surface area (Å²) in [4.78, 5) is 42.7. The van der Waals surface area contributed by atoms with E-state index >= 15 is 0 Å². The molecule has 3 fully saturated rings. The van der Waals surface area contributed by atoms with Crippen molar-refractivity contribution < 1.29 is 19.5 Å². The van der Waals surface area contributed by atoms with Crippen LogP contribution in [-0.4, -0.2) is 63.0 Å². The van der Waals surface area contributed by atoms with E-state index in [-0.39, 0.29) is 35.5 Å². The van der Waals surface area contributed by atoms with Crippen molar-refractivity contribution in [2.75, 3.05) is 13.2 Å². The highest BCUT2D eigenvalue weighted by atomic mass is 32.2. The first-order valence-electron chi connectivity index (χ1n) is 13.0. The molecule has 3 amide bonds. The lowest BCUT2D eigenvalue weighted by Gasteiger charge is -2.37. The molecule has 0 saturated carbocycles. The Labute approximate surface area is 212 Å². The maximum Gasteiger partial charge on any atom is 0.244 e. The maximum absolute atomic E-state index is 14.0. The zero-order valence-electron chi connectivity index (χ0n) is 21.0. The van der Waals surface area contributed by atoms with Gasteiger partial charge in [-0.25, -0.2) is 0 Å². The Morgan fingerprint density at radius 3 is 2.60 bits per heavy atom. The Kier molecular flexibility index (Phi) is 8.11. The molecule has 4 rings (SSSR count). The number of carbonyl (C=O) groups is 3. The van der Waals surface area contributed by atoms with Gasteiger partial charge in [-0.2, -0.15) is 0 Å². The summed E-state index contributed by atoms with van der Waals surface area (Å²) in [5.74, 6) is -1.13. The summed E-state index contributed by atoms with van der Waals surface area (Å²) in [5.41, 5.74) is 1.01. The molecule has 0 aliphatic carbocycles. The predicted octanol–water partition coefficient (Wildman–Crippen LogP) is 2.72. The van der Waals surface area contributed by atoms with Crippen molar-refractivity contribution in [1.82, 2.24) is 15.5 Å². The molecule has 192 valence electrons. The zero-order chi connectivity index (χ0) is 25.2. The maximum atomic E-state index is 14.0. The highest BCUT2D eigenvalue weighted by Crippen LogP contribution is 2.66. The van der Waals surface area contributed by atoms with Gasteiger partial charge in [-0.05, 0) is 37.2 Å². The first-order valence-corrected chi connectivity index (χ1v) is 13.9. The number of hydrogen-bond donors (Lipinski definition) is 3. The van der Waals surface area contributed by atoms with Gasteiger partial charge in [0.2, 0.25) is 17.7 Å². The van der Waals surface area contributed by atoms with E-state index in [1.165, 1.54) is 0 Å². The Morgan fingerprint density at radius 2 is 1.94 bits per heavy atom. The molecule has 2 unspecified atom stereocenters. The van der Waals surface area contributed by atoms with Crippen molar-refractivity contribution in [3.63, 3.8) is 0 Å². The second-order valence-corrected chi connectivity index (χ2v) is 12.2. The first-order chi connectivity index (χ1) is 16.8. The Balaban J connectivity index is 1.62. The van der Waals surface area contributed by atoms with Crippen LogP contribution < -0.4 is 10.6 Å². The van der Waals surface area contributed by atoms with Crippen LogP contribution in [0.3, 0.4) is 0 Å². The molecular weight excluding hydrogens is 462 g/mol. The molecule has 3 saturated heterocycles. The smallest absolute Gasteiger partial charge is 0.244 e. The molecule has 2 bridgehead atoms. The van der Waals surface area contributed by atoms with Gasteiger partial charge in [0.05, 0.1) is 29.2 Å². The summed E-state index contributed by atoms with van der Waals surface area (Å²) in [6.45, 7) is 6.97. The fourth-order valence-corrected chi connectivity index (χ4v) is 8.50. The number of thioether (sulfide) groups is 1. The number of rotatable bonds is 11. The van der Waals surface area contributed by atoms with Crippen molar-refractivity contribution in [2.45, 2.75) is 81.5 Å². The van der Waals surface area contributed by atoms with Crippen molar-refractivity contribution >= 4 is 29.5 Å². The lowest BCUT2D eigenvalue weighted by Crippen LogP contribution is -2.56. The number of aliphatic hydroxyl groups is 1. The highest BCUT2D eigenvalue weighted by Gasteiger charge is 2.74. The number of aliphatic hydroxyl groups excluding tert-OH is 1. The Bertz CT molecular complexity index is 926. The number of unbranched alkanes of at least 4 members (excludes halogenated alkanes) is 1. The SMILES string of the molecule is CCCCNC(=O)C1N([C@@H](CO)CC(C)C)C(=O)[C@@H]2[C@H](C(=O)NCc3ccccc3)[C@@H]3CCC12S3. The van der Waals surface area contributed by atoms with E-state index in [1.807, 2.05) is 30.3 Å². The van der Waals surface area contributed by atoms with Crippen LogP contribution in [-0.2, 0) is 20.9 Å². The average Bonchev–Trinajstić information content (AvgIpc) is 3.49. The summed E-state index contributed by atoms with van der Waals surface area (Å²) >= 11 is 1.67. The van der Waals surface area contributed by atoms with E-state index in [4.69, 9.17) is 0 Å². The molecule has 7 nitrogen and oxygen atoms in total. The minimum absolute atomic E-state index is 0.0329. The standard InChI is InChI=1S/C27H39N3O4S/c1-4-5-13-28-25(33)23-27-12-11-20(35-27)21(24(32)29-15-18-9-7-6-8-10-18)22(27)26(34)30(23)19(16-31)14-17(2)3/h6-10,17,19-23,31H,4-5,11-16H2,1-3H3,(H,28,33)(H,29,32)/t19-,20+,21-,22+,23?,27?/m1/s1. The zero-order valence-corrected chi connectivity index (χ0v) is 21.9. The van der Waals surface area contributed by atoms with Crippen molar-refractivity contribution in [3.8, 4) is 0 Å². The first kappa shape index (κ1) is 26.0. The number of nitrogens with one attached hydrogen (secondary N) is 2. The predicted molar refractivity (Wildman–Crippen MR) is 137 cm³/mol. The van der Waals surface area contributed by atoms with Crippen LogP contribution in [0.1, 0.15) is 58.4 Å². The van der Waals surface area contributed by atoms with Gasteiger partial charge in [0.15, 0.2) is 0 Å². The summed E-state index contributed by atoms with van der Waals surface area (Å²) in [5, 5.41) is 16.4. The summed E-state index contributed by atoms with van der Waals surface area (Å²) in [7, 11) is 0. The van der Waals surface area contributed by atoms with Crippen LogP contribution in [0.5, 0.6) is 0 Å². The van der Waals surface area contributed by atoms with Gasteiger partial charge in [-0.3, -0.25) is 14.4 Å². The number of amides is 3. The topological polar surface area (TPSA) is 98.7 Å². The molecule has 8 heteroatoms. The Hall–Kier alpha value is -2.06. The van der Waals surface area contributed by atoms with E-state index in [1.54, 1.807) is 16.7 Å². The molecule has 1 aromatic carbocycles. The van der Waals surface area contributed by atoms with Gasteiger partial charge < -0.3 is 20.6 Å². The molecule has 3 N–H and O–H groups in total. The number of carbonyl (C=O) groups excluding carboxylic acids is 3. The second-order valence-electron chi connectivity index (χ2n) is 10.6. The van der Waals surface area contributed by atoms with Crippen LogP contribution in [0.25, 0.3) is 0 Å². The van der Waals surface area contributed by atoms with Crippen LogP contribution in [0, 0.1) is 17.8 Å². The van der Waals surface area contributed by atoms with Crippen LogP contribution in [0.2, 0.25) is 0 Å². The van der Waals surface area contributed by atoms with Gasteiger partial charge in [0.25, 0.3) is 0 Å². The Morgan fingerprint density at radius 1 is 1.20 bits per heavy atom. The van der Waals surface area contributed by atoms with Crippen molar-refractivity contribution in [3.05, 3.63) is 35.9 Å².